The Morgan fingerprint density at radius 1 is 1.10 bits per heavy atom. The molecule has 0 saturated carbocycles. The molecular formula is C20H16F3N3O3. The quantitative estimate of drug-likeness (QED) is 0.837. The molecule has 1 saturated heterocycles. The number of alkyl halides is 3. The number of halogens is 3. The number of nitrogens with zero attached hydrogens (tertiary/aromatic N) is 2. The molecule has 1 atom stereocenters. The number of anilines is 2. The number of amides is 3. The van der Waals surface area contributed by atoms with E-state index in [2.05, 4.69) is 5.32 Å². The van der Waals surface area contributed by atoms with E-state index in [1.807, 2.05) is 0 Å². The molecule has 2 aliphatic rings. The van der Waals surface area contributed by atoms with E-state index in [-0.39, 0.29) is 30.0 Å². The van der Waals surface area contributed by atoms with Gasteiger partial charge >= 0.3 is 6.18 Å². The second-order valence-electron chi connectivity index (χ2n) is 6.96. The van der Waals surface area contributed by atoms with E-state index in [1.165, 1.54) is 29.0 Å². The SMILES string of the molecule is CN1C(=O)c2ccccc2N2C(=O)CC[C@]12C(=O)Nc1cccc(C(F)(F)F)c1. The lowest BCUT2D eigenvalue weighted by atomic mass is 9.96. The Labute approximate surface area is 163 Å². The monoisotopic (exact) mass is 403 g/mol. The molecule has 2 aliphatic heterocycles. The molecule has 1 fully saturated rings. The summed E-state index contributed by atoms with van der Waals surface area (Å²) in [4.78, 5) is 41.2. The number of hydrogen-bond donors (Lipinski definition) is 1. The van der Waals surface area contributed by atoms with E-state index in [0.717, 1.165) is 12.1 Å². The third kappa shape index (κ3) is 2.76. The van der Waals surface area contributed by atoms with Gasteiger partial charge in [0.15, 0.2) is 0 Å². The number of carbonyl (C=O) groups is 3. The number of likely N-dealkylation sites (N-methyl/N-ethyl adjacent to an activating group) is 1. The number of para-hydroxylation sites is 1. The summed E-state index contributed by atoms with van der Waals surface area (Å²) >= 11 is 0. The zero-order valence-corrected chi connectivity index (χ0v) is 15.3. The molecule has 29 heavy (non-hydrogen) atoms. The van der Waals surface area contributed by atoms with Crippen LogP contribution in [0.4, 0.5) is 24.5 Å². The minimum absolute atomic E-state index is 0.0297. The van der Waals surface area contributed by atoms with Crippen LogP contribution < -0.4 is 10.2 Å². The lowest BCUT2D eigenvalue weighted by molar-refractivity contribution is -0.137. The van der Waals surface area contributed by atoms with Crippen molar-refractivity contribution < 1.29 is 27.6 Å². The first-order chi connectivity index (χ1) is 13.7. The van der Waals surface area contributed by atoms with Crippen LogP contribution in [0.3, 0.4) is 0 Å². The van der Waals surface area contributed by atoms with Gasteiger partial charge in [0, 0.05) is 25.6 Å². The molecule has 150 valence electrons. The largest absolute Gasteiger partial charge is 0.416 e. The Morgan fingerprint density at radius 2 is 1.83 bits per heavy atom. The van der Waals surface area contributed by atoms with Crippen LogP contribution in [0.2, 0.25) is 0 Å². The Hall–Kier alpha value is -3.36. The van der Waals surface area contributed by atoms with Gasteiger partial charge in [0.25, 0.3) is 11.8 Å². The molecular weight excluding hydrogens is 387 g/mol. The van der Waals surface area contributed by atoms with E-state index >= 15 is 0 Å². The molecule has 0 unspecified atom stereocenters. The molecule has 1 N–H and O–H groups in total. The first-order valence-corrected chi connectivity index (χ1v) is 8.85. The summed E-state index contributed by atoms with van der Waals surface area (Å²) in [7, 11) is 1.41. The zero-order valence-electron chi connectivity index (χ0n) is 15.3. The lowest BCUT2D eigenvalue weighted by Crippen LogP contribution is -2.68. The van der Waals surface area contributed by atoms with Crippen LogP contribution in [0.5, 0.6) is 0 Å². The molecule has 0 aromatic heterocycles. The summed E-state index contributed by atoms with van der Waals surface area (Å²) in [6.45, 7) is 0. The number of nitrogens with one attached hydrogen (secondary N) is 1. The summed E-state index contributed by atoms with van der Waals surface area (Å²) in [5.41, 5.74) is -2.02. The fourth-order valence-electron chi connectivity index (χ4n) is 3.93. The second-order valence-corrected chi connectivity index (χ2v) is 6.96. The number of hydrogen-bond acceptors (Lipinski definition) is 3. The second kappa shape index (κ2) is 6.33. The van der Waals surface area contributed by atoms with Gasteiger partial charge in [-0.25, -0.2) is 0 Å². The topological polar surface area (TPSA) is 69.7 Å². The minimum atomic E-state index is -4.56. The van der Waals surface area contributed by atoms with Crippen LogP contribution in [-0.4, -0.2) is 35.3 Å². The maximum absolute atomic E-state index is 13.3. The van der Waals surface area contributed by atoms with Crippen molar-refractivity contribution in [3.05, 3.63) is 59.7 Å². The van der Waals surface area contributed by atoms with Crippen LogP contribution in [0.1, 0.15) is 28.8 Å². The Bertz CT molecular complexity index is 1040. The van der Waals surface area contributed by atoms with E-state index in [9.17, 15) is 27.6 Å². The molecule has 0 radical (unpaired) electrons. The fraction of sp³-hybridized carbons (Fsp3) is 0.250. The molecule has 2 heterocycles. The maximum Gasteiger partial charge on any atom is 0.416 e. The minimum Gasteiger partial charge on any atom is -0.322 e. The van der Waals surface area contributed by atoms with Gasteiger partial charge in [-0.3, -0.25) is 19.3 Å². The van der Waals surface area contributed by atoms with Gasteiger partial charge in [0.1, 0.15) is 0 Å². The summed E-state index contributed by atoms with van der Waals surface area (Å²) in [5, 5.41) is 2.46. The zero-order chi connectivity index (χ0) is 21.0. The van der Waals surface area contributed by atoms with Crippen LogP contribution in [0, 0.1) is 0 Å². The van der Waals surface area contributed by atoms with Crippen molar-refractivity contribution in [2.75, 3.05) is 17.3 Å². The van der Waals surface area contributed by atoms with Gasteiger partial charge in [-0.05, 0) is 30.3 Å². The molecule has 6 nitrogen and oxygen atoms in total. The average molecular weight is 403 g/mol. The van der Waals surface area contributed by atoms with Crippen molar-refractivity contribution in [2.45, 2.75) is 24.7 Å². The number of carbonyl (C=O) groups excluding carboxylic acids is 3. The van der Waals surface area contributed by atoms with Crippen molar-refractivity contribution in [1.82, 2.24) is 4.90 Å². The highest BCUT2D eigenvalue weighted by Gasteiger charge is 2.59. The van der Waals surface area contributed by atoms with E-state index in [1.54, 1.807) is 24.3 Å². The molecule has 2 aromatic carbocycles. The number of rotatable bonds is 2. The molecule has 2 aromatic rings. The third-order valence-electron chi connectivity index (χ3n) is 5.35. The third-order valence-corrected chi connectivity index (χ3v) is 5.35. The van der Waals surface area contributed by atoms with Crippen molar-refractivity contribution in [1.29, 1.82) is 0 Å². The van der Waals surface area contributed by atoms with Gasteiger partial charge in [0.2, 0.25) is 11.6 Å². The fourth-order valence-corrected chi connectivity index (χ4v) is 3.93. The Balaban J connectivity index is 1.76. The van der Waals surface area contributed by atoms with Crippen molar-refractivity contribution in [3.63, 3.8) is 0 Å². The molecule has 0 aliphatic carbocycles. The van der Waals surface area contributed by atoms with Gasteiger partial charge in [-0.15, -0.1) is 0 Å². The highest BCUT2D eigenvalue weighted by molar-refractivity contribution is 6.18. The lowest BCUT2D eigenvalue weighted by Gasteiger charge is -2.47. The summed E-state index contributed by atoms with van der Waals surface area (Å²) in [6, 6.07) is 10.7. The standard InChI is InChI=1S/C20H16F3N3O3/c1-25-17(28)14-7-2-3-8-15(14)26-16(27)9-10-19(25,26)18(29)24-13-6-4-5-12(11-13)20(21,22)23/h2-8,11H,9-10H2,1H3,(H,24,29)/t19-/m0/s1. The first kappa shape index (κ1) is 19.0. The van der Waals surface area contributed by atoms with E-state index < -0.39 is 29.2 Å². The van der Waals surface area contributed by atoms with Crippen LogP contribution in [-0.2, 0) is 15.8 Å². The van der Waals surface area contributed by atoms with Crippen molar-refractivity contribution >= 4 is 29.1 Å². The molecule has 3 amide bonds. The van der Waals surface area contributed by atoms with Gasteiger partial charge in [0.05, 0.1) is 16.8 Å². The predicted octanol–water partition coefficient (Wildman–Crippen LogP) is 3.25. The summed E-state index contributed by atoms with van der Waals surface area (Å²) in [5.74, 6) is -1.52. The van der Waals surface area contributed by atoms with Gasteiger partial charge in [-0.2, -0.15) is 13.2 Å². The number of fused-ring (bicyclic) bond motifs is 3. The van der Waals surface area contributed by atoms with Gasteiger partial charge in [-0.1, -0.05) is 18.2 Å². The van der Waals surface area contributed by atoms with E-state index in [0.29, 0.717) is 5.69 Å². The van der Waals surface area contributed by atoms with Crippen LogP contribution in [0.25, 0.3) is 0 Å². The van der Waals surface area contributed by atoms with Crippen LogP contribution in [0.15, 0.2) is 48.5 Å². The van der Waals surface area contributed by atoms with Crippen molar-refractivity contribution in [2.24, 2.45) is 0 Å². The highest BCUT2D eigenvalue weighted by atomic mass is 19.4. The normalized spacial score (nSPS) is 21.1. The molecule has 4 rings (SSSR count). The summed E-state index contributed by atoms with van der Waals surface area (Å²) < 4.78 is 39.0. The Morgan fingerprint density at radius 3 is 2.55 bits per heavy atom. The first-order valence-electron chi connectivity index (χ1n) is 8.85. The van der Waals surface area contributed by atoms with Crippen LogP contribution >= 0.6 is 0 Å². The maximum atomic E-state index is 13.3. The van der Waals surface area contributed by atoms with Gasteiger partial charge < -0.3 is 10.2 Å². The molecule has 9 heteroatoms. The summed E-state index contributed by atoms with van der Waals surface area (Å²) in [6.07, 6.45) is -4.50. The molecule has 0 bridgehead atoms. The average Bonchev–Trinajstić information content (AvgIpc) is 3.04. The Kier molecular flexibility index (Phi) is 4.14. The number of benzene rings is 2. The smallest absolute Gasteiger partial charge is 0.322 e. The van der Waals surface area contributed by atoms with Crippen molar-refractivity contribution in [3.8, 4) is 0 Å². The molecule has 0 spiro atoms. The van der Waals surface area contributed by atoms with E-state index in [4.69, 9.17) is 0 Å². The highest BCUT2D eigenvalue weighted by Crippen LogP contribution is 2.44. The predicted molar refractivity (Wildman–Crippen MR) is 98.1 cm³/mol.